The van der Waals surface area contributed by atoms with Crippen LogP contribution in [0.5, 0.6) is 0 Å². The zero-order chi connectivity index (χ0) is 17.5. The number of urea groups is 1. The number of hydrogen-bond donors (Lipinski definition) is 3. The monoisotopic (exact) mass is 326 g/mol. The Bertz CT molecular complexity index is 426. The molecule has 0 saturated heterocycles. The molecule has 0 bridgehead atoms. The van der Waals surface area contributed by atoms with Crippen molar-refractivity contribution in [3.63, 3.8) is 0 Å². The fourth-order valence-corrected chi connectivity index (χ4v) is 2.64. The number of amides is 4. The molecule has 1 fully saturated rings. The van der Waals surface area contributed by atoms with Gasteiger partial charge in [0.15, 0.2) is 0 Å². The number of nitrogens with one attached hydrogen (secondary N) is 3. The Kier molecular flexibility index (Phi) is 7.48. The largest absolute Gasteiger partial charge is 0.350 e. The fraction of sp³-hybridized carbons (Fsp3) is 0.812. The van der Waals surface area contributed by atoms with E-state index in [0.717, 1.165) is 25.7 Å². The van der Waals surface area contributed by atoms with Crippen LogP contribution in [0.15, 0.2) is 0 Å². The number of hydrogen-bond acceptors (Lipinski definition) is 4. The van der Waals surface area contributed by atoms with E-state index in [1.807, 2.05) is 20.8 Å². The fourth-order valence-electron chi connectivity index (χ4n) is 2.64. The third kappa shape index (κ3) is 9.18. The predicted molar refractivity (Wildman–Crippen MR) is 88.9 cm³/mol. The Morgan fingerprint density at radius 1 is 1.00 bits per heavy atom. The maximum Gasteiger partial charge on any atom is 0.321 e. The van der Waals surface area contributed by atoms with Gasteiger partial charge in [0.05, 0.1) is 13.1 Å². The molecule has 0 aromatic carbocycles. The van der Waals surface area contributed by atoms with Gasteiger partial charge in [-0.3, -0.25) is 19.8 Å². The molecule has 0 aromatic heterocycles. The number of rotatable bonds is 5. The summed E-state index contributed by atoms with van der Waals surface area (Å²) in [5.74, 6) is -0.566. The molecule has 23 heavy (non-hydrogen) atoms. The summed E-state index contributed by atoms with van der Waals surface area (Å²) in [5, 5.41) is 7.97. The first-order valence-corrected chi connectivity index (χ1v) is 8.25. The van der Waals surface area contributed by atoms with Gasteiger partial charge in [-0.15, -0.1) is 0 Å². The van der Waals surface area contributed by atoms with E-state index in [4.69, 9.17) is 0 Å². The van der Waals surface area contributed by atoms with Crippen LogP contribution in [-0.4, -0.2) is 54.5 Å². The average Bonchev–Trinajstić information content (AvgIpc) is 2.36. The van der Waals surface area contributed by atoms with E-state index in [9.17, 15) is 14.4 Å². The molecule has 3 N–H and O–H groups in total. The van der Waals surface area contributed by atoms with Gasteiger partial charge in [0.25, 0.3) is 0 Å². The minimum atomic E-state index is -0.450. The Morgan fingerprint density at radius 2 is 1.57 bits per heavy atom. The molecule has 0 aliphatic heterocycles. The number of imide groups is 1. The standard InChI is InChI=1S/C16H30N4O3/c1-16(2,3)19-14(22)11-20(4)10-13(21)18-15(23)17-12-8-6-5-7-9-12/h12H,5-11H2,1-4H3,(H,19,22)(H2,17,18,21,23). The van der Waals surface area contributed by atoms with Crippen LogP contribution in [0.25, 0.3) is 0 Å². The van der Waals surface area contributed by atoms with Crippen LogP contribution in [0.1, 0.15) is 52.9 Å². The van der Waals surface area contributed by atoms with Crippen molar-refractivity contribution in [3.8, 4) is 0 Å². The molecule has 1 aliphatic carbocycles. The molecule has 0 heterocycles. The lowest BCUT2D eigenvalue weighted by molar-refractivity contribution is -0.124. The summed E-state index contributed by atoms with van der Waals surface area (Å²) in [6, 6.07) is -0.290. The third-order valence-corrected chi connectivity index (χ3v) is 3.53. The van der Waals surface area contributed by atoms with Crippen molar-refractivity contribution in [2.45, 2.75) is 64.5 Å². The molecule has 7 heteroatoms. The smallest absolute Gasteiger partial charge is 0.321 e. The van der Waals surface area contributed by atoms with Gasteiger partial charge in [-0.05, 0) is 40.7 Å². The minimum Gasteiger partial charge on any atom is -0.350 e. The van der Waals surface area contributed by atoms with Gasteiger partial charge in [0.2, 0.25) is 11.8 Å². The Labute approximate surface area is 138 Å². The molecule has 0 atom stereocenters. The maximum atomic E-state index is 11.8. The normalized spacial score (nSPS) is 16.0. The summed E-state index contributed by atoms with van der Waals surface area (Å²) < 4.78 is 0. The summed E-state index contributed by atoms with van der Waals surface area (Å²) in [5.41, 5.74) is -0.305. The van der Waals surface area contributed by atoms with Crippen LogP contribution in [0, 0.1) is 0 Å². The van der Waals surface area contributed by atoms with Gasteiger partial charge in [0, 0.05) is 11.6 Å². The second kappa shape index (κ2) is 8.86. The van der Waals surface area contributed by atoms with Gasteiger partial charge >= 0.3 is 6.03 Å². The van der Waals surface area contributed by atoms with Gasteiger partial charge in [0.1, 0.15) is 0 Å². The van der Waals surface area contributed by atoms with Crippen molar-refractivity contribution in [1.82, 2.24) is 20.9 Å². The molecule has 0 aromatic rings. The average molecular weight is 326 g/mol. The molecule has 1 saturated carbocycles. The first kappa shape index (κ1) is 19.4. The highest BCUT2D eigenvalue weighted by Gasteiger charge is 2.19. The zero-order valence-corrected chi connectivity index (χ0v) is 14.7. The lowest BCUT2D eigenvalue weighted by atomic mass is 9.96. The van der Waals surface area contributed by atoms with Crippen molar-refractivity contribution >= 4 is 17.8 Å². The number of nitrogens with zero attached hydrogens (tertiary/aromatic N) is 1. The number of carbonyl (C=O) groups excluding carboxylic acids is 3. The van der Waals surface area contributed by atoms with Crippen LogP contribution < -0.4 is 16.0 Å². The molecular weight excluding hydrogens is 296 g/mol. The van der Waals surface area contributed by atoms with E-state index >= 15 is 0 Å². The van der Waals surface area contributed by atoms with E-state index in [-0.39, 0.29) is 30.6 Å². The summed E-state index contributed by atoms with van der Waals surface area (Å²) in [7, 11) is 1.67. The van der Waals surface area contributed by atoms with Crippen molar-refractivity contribution in [1.29, 1.82) is 0 Å². The van der Waals surface area contributed by atoms with E-state index < -0.39 is 11.9 Å². The van der Waals surface area contributed by atoms with E-state index in [0.29, 0.717) is 0 Å². The van der Waals surface area contributed by atoms with E-state index in [1.54, 1.807) is 11.9 Å². The van der Waals surface area contributed by atoms with Crippen molar-refractivity contribution in [3.05, 3.63) is 0 Å². The lowest BCUT2D eigenvalue weighted by Gasteiger charge is -2.24. The summed E-state index contributed by atoms with van der Waals surface area (Å²) in [6.45, 7) is 5.79. The molecule has 0 spiro atoms. The molecule has 0 radical (unpaired) electrons. The Balaban J connectivity index is 2.26. The molecule has 7 nitrogen and oxygen atoms in total. The van der Waals surface area contributed by atoms with Crippen molar-refractivity contribution < 1.29 is 14.4 Å². The topological polar surface area (TPSA) is 90.5 Å². The third-order valence-electron chi connectivity index (χ3n) is 3.53. The highest BCUT2D eigenvalue weighted by atomic mass is 16.2. The number of carbonyl (C=O) groups is 3. The molecule has 0 unspecified atom stereocenters. The van der Waals surface area contributed by atoms with E-state index in [1.165, 1.54) is 6.42 Å². The molecule has 1 rings (SSSR count). The van der Waals surface area contributed by atoms with Crippen molar-refractivity contribution in [2.24, 2.45) is 0 Å². The van der Waals surface area contributed by atoms with Crippen LogP contribution in [0.4, 0.5) is 4.79 Å². The van der Waals surface area contributed by atoms with Crippen molar-refractivity contribution in [2.75, 3.05) is 20.1 Å². The minimum absolute atomic E-state index is 0.00432. The maximum absolute atomic E-state index is 11.8. The summed E-state index contributed by atoms with van der Waals surface area (Å²) >= 11 is 0. The quantitative estimate of drug-likeness (QED) is 0.703. The van der Waals surface area contributed by atoms with Crippen LogP contribution in [0.2, 0.25) is 0 Å². The summed E-state index contributed by atoms with van der Waals surface area (Å²) in [6.07, 6.45) is 5.37. The highest BCUT2D eigenvalue weighted by Crippen LogP contribution is 2.17. The van der Waals surface area contributed by atoms with Crippen LogP contribution >= 0.6 is 0 Å². The van der Waals surface area contributed by atoms with Gasteiger partial charge in [-0.2, -0.15) is 0 Å². The SMILES string of the molecule is CN(CC(=O)NC(=O)NC1CCCCC1)CC(=O)NC(C)(C)C. The highest BCUT2D eigenvalue weighted by molar-refractivity contribution is 5.95. The second-order valence-electron chi connectivity index (χ2n) is 7.33. The Hall–Kier alpha value is -1.63. The summed E-state index contributed by atoms with van der Waals surface area (Å²) in [4.78, 5) is 36.9. The molecule has 4 amide bonds. The van der Waals surface area contributed by atoms with Gasteiger partial charge < -0.3 is 10.6 Å². The molecule has 132 valence electrons. The van der Waals surface area contributed by atoms with E-state index in [2.05, 4.69) is 16.0 Å². The molecule has 1 aliphatic rings. The predicted octanol–water partition coefficient (Wildman–Crippen LogP) is 0.991. The van der Waals surface area contributed by atoms with Crippen LogP contribution in [-0.2, 0) is 9.59 Å². The van der Waals surface area contributed by atoms with Crippen LogP contribution in [0.3, 0.4) is 0 Å². The zero-order valence-electron chi connectivity index (χ0n) is 14.7. The first-order valence-electron chi connectivity index (χ1n) is 8.25. The molecular formula is C16H30N4O3. The van der Waals surface area contributed by atoms with Gasteiger partial charge in [-0.1, -0.05) is 19.3 Å². The second-order valence-corrected chi connectivity index (χ2v) is 7.33. The lowest BCUT2D eigenvalue weighted by Crippen LogP contribution is -2.49. The Morgan fingerprint density at radius 3 is 2.13 bits per heavy atom. The van der Waals surface area contributed by atoms with Gasteiger partial charge in [-0.25, -0.2) is 4.79 Å². The number of likely N-dealkylation sites (N-methyl/N-ethyl adjacent to an activating group) is 1. The first-order chi connectivity index (χ1) is 10.7.